The minimum absolute atomic E-state index is 0.0167. The van der Waals surface area contributed by atoms with Gasteiger partial charge in [0.25, 0.3) is 11.6 Å². The number of nitro groups is 1. The Kier molecular flexibility index (Phi) is 8.13. The average Bonchev–Trinajstić information content (AvgIpc) is 3.26. The first kappa shape index (κ1) is 30.7. The van der Waals surface area contributed by atoms with E-state index in [4.69, 9.17) is 11.3 Å². The fourth-order valence-corrected chi connectivity index (χ4v) is 8.58. The number of non-ortho nitro benzene ring substituents is 1. The minimum Gasteiger partial charge on any atom is -0.480 e. The second kappa shape index (κ2) is 11.4. The predicted octanol–water partition coefficient (Wildman–Crippen LogP) is 3.90. The molecule has 0 heterocycles. The van der Waals surface area contributed by atoms with Gasteiger partial charge in [-0.05, 0) is 86.2 Å². The summed E-state index contributed by atoms with van der Waals surface area (Å²) in [6.07, 6.45) is 13.2. The summed E-state index contributed by atoms with van der Waals surface area (Å²) in [4.78, 5) is 39.9. The van der Waals surface area contributed by atoms with Gasteiger partial charge in [-0.15, -0.1) is 6.42 Å². The Hall–Kier alpha value is -3.75. The third-order valence-corrected chi connectivity index (χ3v) is 11.1. The molecule has 0 bridgehead atoms. The lowest BCUT2D eigenvalue weighted by molar-refractivity contribution is -0.385. The van der Waals surface area contributed by atoms with Crippen molar-refractivity contribution in [3.63, 3.8) is 0 Å². The number of hydrogen-bond acceptors (Lipinski definition) is 8. The predicted molar refractivity (Wildman–Crippen MR) is 156 cm³/mol. The quantitative estimate of drug-likeness (QED) is 0.200. The van der Waals surface area contributed by atoms with Gasteiger partial charge in [0.2, 0.25) is 0 Å². The smallest absolute Gasteiger partial charge is 0.329 e. The molecule has 0 aliphatic heterocycles. The number of oxime groups is 1. The molecule has 0 aromatic heterocycles. The van der Waals surface area contributed by atoms with Crippen LogP contribution in [0.3, 0.4) is 0 Å². The summed E-state index contributed by atoms with van der Waals surface area (Å²) in [7, 11) is 0. The van der Waals surface area contributed by atoms with Crippen LogP contribution in [-0.4, -0.2) is 56.1 Å². The first-order valence-corrected chi connectivity index (χ1v) is 14.9. The number of carboxylic acid groups (broad SMARTS) is 1. The summed E-state index contributed by atoms with van der Waals surface area (Å²) in [5.41, 5.74) is 0.464. The van der Waals surface area contributed by atoms with Crippen molar-refractivity contribution >= 4 is 23.3 Å². The number of terminal acetylenes is 1. The Morgan fingerprint density at radius 3 is 2.65 bits per heavy atom. The van der Waals surface area contributed by atoms with Gasteiger partial charge in [-0.25, -0.2) is 4.79 Å². The lowest BCUT2D eigenvalue weighted by Gasteiger charge is -2.58. The van der Waals surface area contributed by atoms with Gasteiger partial charge >= 0.3 is 5.97 Å². The van der Waals surface area contributed by atoms with E-state index >= 15 is 0 Å². The zero-order valence-electron chi connectivity index (χ0n) is 24.5. The Labute approximate surface area is 250 Å². The highest BCUT2D eigenvalue weighted by Gasteiger charge is 2.63. The molecule has 8 atom stereocenters. The summed E-state index contributed by atoms with van der Waals surface area (Å²) in [5.74, 6) is 1.85. The molecule has 43 heavy (non-hydrogen) atoms. The molecule has 1 aromatic carbocycles. The zero-order chi connectivity index (χ0) is 31.2. The van der Waals surface area contributed by atoms with Crippen LogP contribution in [0, 0.1) is 51.0 Å². The van der Waals surface area contributed by atoms with Gasteiger partial charge in [-0.2, -0.15) is 0 Å². The first-order chi connectivity index (χ1) is 20.3. The molecule has 1 aromatic rings. The molecule has 4 aliphatic carbocycles. The van der Waals surface area contributed by atoms with E-state index in [0.29, 0.717) is 36.3 Å². The van der Waals surface area contributed by atoms with Crippen LogP contribution in [0.15, 0.2) is 41.1 Å². The molecule has 4 aliphatic rings. The molecule has 230 valence electrons. The lowest BCUT2D eigenvalue weighted by atomic mass is 9.46. The molecule has 4 N–H and O–H groups in total. The van der Waals surface area contributed by atoms with E-state index in [1.54, 1.807) is 0 Å². The maximum Gasteiger partial charge on any atom is 0.329 e. The van der Waals surface area contributed by atoms with E-state index in [2.05, 4.69) is 36.3 Å². The maximum atomic E-state index is 12.5. The van der Waals surface area contributed by atoms with Crippen LogP contribution < -0.4 is 5.32 Å². The van der Waals surface area contributed by atoms with Crippen molar-refractivity contribution in [3.05, 3.63) is 51.6 Å². The van der Waals surface area contributed by atoms with Crippen LogP contribution in [-0.2, 0) is 14.4 Å². The number of nitro benzene ring substituents is 1. The molecule has 3 fully saturated rings. The normalized spacial score (nSPS) is 35.3. The third kappa shape index (κ3) is 5.31. The Morgan fingerprint density at radius 2 is 1.95 bits per heavy atom. The average molecular weight is 594 g/mol. The van der Waals surface area contributed by atoms with Crippen LogP contribution in [0.1, 0.15) is 76.9 Å². The number of aliphatic carboxylic acids is 1. The topological polar surface area (TPSA) is 172 Å². The molecular formula is C32H39N3O8. The summed E-state index contributed by atoms with van der Waals surface area (Å²) < 4.78 is 0. The lowest BCUT2D eigenvalue weighted by Crippen LogP contribution is -2.54. The van der Waals surface area contributed by atoms with Crippen molar-refractivity contribution < 1.29 is 34.7 Å². The number of allylic oxidation sites excluding steroid dienone is 2. The largest absolute Gasteiger partial charge is 0.480 e. The Bertz CT molecular complexity index is 1420. The van der Waals surface area contributed by atoms with Gasteiger partial charge in [0.1, 0.15) is 11.7 Å². The summed E-state index contributed by atoms with van der Waals surface area (Å²) in [6.45, 7) is 3.96. The van der Waals surface area contributed by atoms with Crippen LogP contribution in [0.4, 0.5) is 5.69 Å². The molecule has 5 rings (SSSR count). The number of benzene rings is 1. The fourth-order valence-electron chi connectivity index (χ4n) is 8.58. The van der Waals surface area contributed by atoms with Crippen LogP contribution in [0.2, 0.25) is 0 Å². The molecule has 11 heteroatoms. The van der Waals surface area contributed by atoms with E-state index in [9.17, 15) is 35.0 Å². The molecule has 0 saturated heterocycles. The van der Waals surface area contributed by atoms with E-state index in [-0.39, 0.29) is 22.1 Å². The summed E-state index contributed by atoms with van der Waals surface area (Å²) in [6, 6.07) is 3.20. The van der Waals surface area contributed by atoms with E-state index in [1.165, 1.54) is 23.8 Å². The molecule has 3 saturated carbocycles. The highest BCUT2D eigenvalue weighted by Crippen LogP contribution is 2.67. The number of nitrogens with zero attached hydrogens (tertiary/aromatic N) is 2. The highest BCUT2D eigenvalue weighted by atomic mass is 16.6. The van der Waals surface area contributed by atoms with Gasteiger partial charge in [0.05, 0.1) is 10.6 Å². The van der Waals surface area contributed by atoms with Gasteiger partial charge in [0, 0.05) is 17.5 Å². The van der Waals surface area contributed by atoms with Gasteiger partial charge in [0.15, 0.2) is 12.6 Å². The van der Waals surface area contributed by atoms with Gasteiger partial charge in [-0.1, -0.05) is 42.6 Å². The van der Waals surface area contributed by atoms with Crippen molar-refractivity contribution in [1.29, 1.82) is 0 Å². The van der Waals surface area contributed by atoms with Crippen molar-refractivity contribution in [2.24, 2.45) is 33.7 Å². The molecular weight excluding hydrogens is 554 g/mol. The summed E-state index contributed by atoms with van der Waals surface area (Å²) >= 11 is 0. The number of carbonyl (C=O) groups is 2. The standard InChI is InChI=1S/C32H39N3O8/c1-4-32(40)15-12-25-23-9-8-20-17-21(10-13-30(20,2)24(23)11-14-31(25,32)3)34-43-18-26(36)33-27(29(38)39)28(37)19-6-5-7-22(16-19)35(41)42/h1,5-7,16-17,23-25,27-28,37,40H,8-15,18H2,2-3H3,(H,33,36)(H,38,39)/b34-21-/t23-,24+,25+,27+,28+,30+,31+,32+/m1/s1. The molecule has 11 nitrogen and oxygen atoms in total. The minimum atomic E-state index is -1.74. The van der Waals surface area contributed by atoms with E-state index in [0.717, 1.165) is 44.6 Å². The zero-order valence-corrected chi connectivity index (χ0v) is 24.5. The van der Waals surface area contributed by atoms with Crippen LogP contribution in [0.25, 0.3) is 0 Å². The van der Waals surface area contributed by atoms with Crippen molar-refractivity contribution in [1.82, 2.24) is 5.32 Å². The number of aliphatic hydroxyl groups excluding tert-OH is 1. The second-order valence-electron chi connectivity index (χ2n) is 13.0. The van der Waals surface area contributed by atoms with Crippen molar-refractivity contribution in [3.8, 4) is 12.3 Å². The number of amides is 1. The Morgan fingerprint density at radius 1 is 1.21 bits per heavy atom. The van der Waals surface area contributed by atoms with E-state index < -0.39 is 41.2 Å². The number of carboxylic acids is 1. The SMILES string of the molecule is C#C[C@]1(O)CC[C@H]2[C@@H]3CCC4=C/C(=N\OCC(=O)N[C@H](C(=O)O)[C@@H](O)c5cccc([N+](=O)[O-])c5)CC[C@]4(C)[C@H]3CC[C@@]21C. The number of hydrogen-bond donors (Lipinski definition) is 4. The molecule has 1 amide bonds. The number of carbonyl (C=O) groups excluding carboxylic acids is 1. The monoisotopic (exact) mass is 593 g/mol. The number of fused-ring (bicyclic) bond motifs is 5. The first-order valence-electron chi connectivity index (χ1n) is 14.9. The second-order valence-corrected chi connectivity index (χ2v) is 13.0. The van der Waals surface area contributed by atoms with Crippen LogP contribution >= 0.6 is 0 Å². The highest BCUT2D eigenvalue weighted by molar-refractivity contribution is 5.96. The molecule has 0 radical (unpaired) electrons. The van der Waals surface area contributed by atoms with Gasteiger partial charge < -0.3 is 25.5 Å². The van der Waals surface area contributed by atoms with Crippen molar-refractivity contribution in [2.45, 2.75) is 83.0 Å². The number of rotatable bonds is 8. The van der Waals surface area contributed by atoms with Crippen molar-refractivity contribution in [2.75, 3.05) is 6.61 Å². The fraction of sp³-hybridized carbons (Fsp3) is 0.594. The summed E-state index contributed by atoms with van der Waals surface area (Å²) in [5, 5.41) is 48.7. The number of aliphatic hydroxyl groups is 2. The molecule has 0 unspecified atom stereocenters. The van der Waals surface area contributed by atoms with Crippen LogP contribution in [0.5, 0.6) is 0 Å². The third-order valence-electron chi connectivity index (χ3n) is 11.1. The maximum absolute atomic E-state index is 12.5. The Balaban J connectivity index is 1.21. The van der Waals surface area contributed by atoms with E-state index in [1.807, 2.05) is 0 Å². The van der Waals surface area contributed by atoms with Gasteiger partial charge in [-0.3, -0.25) is 14.9 Å². The number of nitrogens with one attached hydrogen (secondary N) is 1. The molecule has 0 spiro atoms.